The van der Waals surface area contributed by atoms with Crippen molar-refractivity contribution < 1.29 is 17.2 Å². The molecule has 4 nitrogen and oxygen atoms in total. The molecule has 3 aromatic rings. The molecule has 0 saturated carbocycles. The molecule has 1 aromatic heterocycles. The van der Waals surface area contributed by atoms with Crippen LogP contribution in [0.25, 0.3) is 10.2 Å². The third-order valence-corrected chi connectivity index (χ3v) is 6.20. The Kier molecular flexibility index (Phi) is 4.18. The van der Waals surface area contributed by atoms with Gasteiger partial charge in [-0.1, -0.05) is 40.6 Å². The van der Waals surface area contributed by atoms with Crippen molar-refractivity contribution in [1.29, 1.82) is 0 Å². The monoisotopic (exact) mass is 394 g/mol. The standard InChI is InChI=1S/C13H6Cl2F2N2O2S2/c14-7-2-1-3-10(11(7)15)23(20,21)19-13-18-12-8(17)4-6(16)5-9(12)22-13/h1-5H,(H,18,19). The summed E-state index contributed by atoms with van der Waals surface area (Å²) in [4.78, 5) is 3.59. The Labute approximate surface area is 143 Å². The number of hydrogen-bond donors (Lipinski definition) is 1. The SMILES string of the molecule is O=S(=O)(Nc1nc2c(F)cc(F)cc2s1)c1cccc(Cl)c1Cl. The van der Waals surface area contributed by atoms with Gasteiger partial charge in [0.25, 0.3) is 10.0 Å². The van der Waals surface area contributed by atoms with Crippen molar-refractivity contribution in [2.75, 3.05) is 4.72 Å². The summed E-state index contributed by atoms with van der Waals surface area (Å²) in [5, 5.41) is -0.174. The summed E-state index contributed by atoms with van der Waals surface area (Å²) in [6.07, 6.45) is 0. The number of aromatic nitrogens is 1. The molecule has 23 heavy (non-hydrogen) atoms. The number of benzene rings is 2. The molecule has 0 fully saturated rings. The van der Waals surface area contributed by atoms with Crippen molar-refractivity contribution in [3.63, 3.8) is 0 Å². The maximum atomic E-state index is 13.6. The van der Waals surface area contributed by atoms with Gasteiger partial charge in [0.05, 0.1) is 14.7 Å². The van der Waals surface area contributed by atoms with Gasteiger partial charge in [-0.05, 0) is 18.2 Å². The van der Waals surface area contributed by atoms with Crippen LogP contribution in [-0.2, 0) is 10.0 Å². The molecule has 0 saturated heterocycles. The lowest BCUT2D eigenvalue weighted by Crippen LogP contribution is -2.13. The molecule has 0 atom stereocenters. The van der Waals surface area contributed by atoms with E-state index in [0.717, 1.165) is 17.4 Å². The van der Waals surface area contributed by atoms with Crippen molar-refractivity contribution in [2.24, 2.45) is 0 Å². The molecular formula is C13H6Cl2F2N2O2S2. The highest BCUT2D eigenvalue weighted by atomic mass is 35.5. The third kappa shape index (κ3) is 3.12. The third-order valence-electron chi connectivity index (χ3n) is 2.84. The minimum Gasteiger partial charge on any atom is -0.255 e. The Bertz CT molecular complexity index is 1020. The van der Waals surface area contributed by atoms with Crippen LogP contribution in [0.3, 0.4) is 0 Å². The molecule has 0 spiro atoms. The molecule has 120 valence electrons. The van der Waals surface area contributed by atoms with E-state index in [9.17, 15) is 17.2 Å². The van der Waals surface area contributed by atoms with Gasteiger partial charge in [-0.3, -0.25) is 4.72 Å². The second kappa shape index (κ2) is 5.86. The lowest BCUT2D eigenvalue weighted by atomic mass is 10.3. The van der Waals surface area contributed by atoms with Crippen LogP contribution in [-0.4, -0.2) is 13.4 Å². The van der Waals surface area contributed by atoms with Gasteiger partial charge in [-0.25, -0.2) is 22.2 Å². The normalized spacial score (nSPS) is 11.8. The van der Waals surface area contributed by atoms with Crippen LogP contribution in [0.4, 0.5) is 13.9 Å². The summed E-state index contributed by atoms with van der Waals surface area (Å²) in [5.41, 5.74) is -0.119. The van der Waals surface area contributed by atoms with E-state index in [1.54, 1.807) is 0 Å². The van der Waals surface area contributed by atoms with Gasteiger partial charge in [0.1, 0.15) is 16.2 Å². The van der Waals surface area contributed by atoms with Crippen LogP contribution in [0.5, 0.6) is 0 Å². The second-order valence-electron chi connectivity index (χ2n) is 4.41. The Morgan fingerprint density at radius 1 is 1.17 bits per heavy atom. The highest BCUT2D eigenvalue weighted by Crippen LogP contribution is 2.33. The van der Waals surface area contributed by atoms with Gasteiger partial charge >= 0.3 is 0 Å². The summed E-state index contributed by atoms with van der Waals surface area (Å²) >= 11 is 12.5. The fraction of sp³-hybridized carbons (Fsp3) is 0. The number of sulfonamides is 1. The minimum atomic E-state index is -4.07. The average Bonchev–Trinajstić information content (AvgIpc) is 2.83. The molecule has 10 heteroatoms. The fourth-order valence-corrected chi connectivity index (χ4v) is 4.77. The van der Waals surface area contributed by atoms with E-state index in [0.29, 0.717) is 6.07 Å². The van der Waals surface area contributed by atoms with Crippen LogP contribution in [0.1, 0.15) is 0 Å². The van der Waals surface area contributed by atoms with Gasteiger partial charge in [0.2, 0.25) is 0 Å². The molecule has 0 bridgehead atoms. The molecule has 0 radical (unpaired) electrons. The molecule has 1 heterocycles. The summed E-state index contributed by atoms with van der Waals surface area (Å²) in [6, 6.07) is 5.88. The molecule has 3 rings (SSSR count). The number of anilines is 1. The maximum absolute atomic E-state index is 13.6. The lowest BCUT2D eigenvalue weighted by molar-refractivity contribution is 0.590. The molecule has 0 aliphatic heterocycles. The first kappa shape index (κ1) is 16.4. The molecule has 0 aliphatic rings. The zero-order chi connectivity index (χ0) is 16.8. The predicted octanol–water partition coefficient (Wildman–Crippen LogP) is 4.68. The summed E-state index contributed by atoms with van der Waals surface area (Å²) in [6.45, 7) is 0. The Morgan fingerprint density at radius 2 is 1.91 bits per heavy atom. The van der Waals surface area contributed by atoms with Crippen LogP contribution in [0, 0.1) is 11.6 Å². The van der Waals surface area contributed by atoms with E-state index in [1.807, 2.05) is 0 Å². The summed E-state index contributed by atoms with van der Waals surface area (Å²) in [7, 11) is -4.07. The smallest absolute Gasteiger partial charge is 0.255 e. The van der Waals surface area contributed by atoms with Crippen LogP contribution < -0.4 is 4.72 Å². The first-order chi connectivity index (χ1) is 10.8. The van der Waals surface area contributed by atoms with Crippen molar-refractivity contribution in [3.8, 4) is 0 Å². The Morgan fingerprint density at radius 3 is 2.65 bits per heavy atom. The van der Waals surface area contributed by atoms with Gasteiger partial charge in [-0.2, -0.15) is 0 Å². The number of hydrogen-bond acceptors (Lipinski definition) is 4. The molecule has 0 amide bonds. The van der Waals surface area contributed by atoms with Crippen molar-refractivity contribution in [2.45, 2.75) is 4.90 Å². The first-order valence-corrected chi connectivity index (χ1v) is 9.06. The number of halogens is 4. The molecule has 0 unspecified atom stereocenters. The zero-order valence-corrected chi connectivity index (χ0v) is 14.1. The average molecular weight is 395 g/mol. The Hall–Kier alpha value is -1.48. The Balaban J connectivity index is 2.04. The van der Waals surface area contributed by atoms with E-state index in [2.05, 4.69) is 9.71 Å². The number of nitrogens with zero attached hydrogens (tertiary/aromatic N) is 1. The minimum absolute atomic E-state index is 0.0759. The summed E-state index contributed by atoms with van der Waals surface area (Å²) < 4.78 is 53.9. The first-order valence-electron chi connectivity index (χ1n) is 6.00. The van der Waals surface area contributed by atoms with Gasteiger partial charge in [0.15, 0.2) is 10.9 Å². The number of nitrogens with one attached hydrogen (secondary N) is 1. The number of fused-ring (bicyclic) bond motifs is 1. The van der Waals surface area contributed by atoms with Crippen molar-refractivity contribution in [1.82, 2.24) is 4.98 Å². The molecule has 1 N–H and O–H groups in total. The van der Waals surface area contributed by atoms with Gasteiger partial charge in [-0.15, -0.1) is 0 Å². The highest BCUT2D eigenvalue weighted by Gasteiger charge is 2.22. The second-order valence-corrected chi connectivity index (χ2v) is 7.88. The van der Waals surface area contributed by atoms with Crippen molar-refractivity contribution >= 4 is 59.9 Å². The van der Waals surface area contributed by atoms with Crippen LogP contribution >= 0.6 is 34.5 Å². The summed E-state index contributed by atoms with van der Waals surface area (Å²) in [5.74, 6) is -1.64. The zero-order valence-electron chi connectivity index (χ0n) is 11.0. The van der Waals surface area contributed by atoms with Gasteiger partial charge in [0, 0.05) is 6.07 Å². The molecule has 0 aliphatic carbocycles. The lowest BCUT2D eigenvalue weighted by Gasteiger charge is -2.07. The fourth-order valence-electron chi connectivity index (χ4n) is 1.86. The maximum Gasteiger partial charge on any atom is 0.265 e. The van der Waals surface area contributed by atoms with Crippen LogP contribution in [0.2, 0.25) is 10.0 Å². The van der Waals surface area contributed by atoms with E-state index in [1.165, 1.54) is 18.2 Å². The number of rotatable bonds is 3. The molecular weight excluding hydrogens is 389 g/mol. The topological polar surface area (TPSA) is 59.1 Å². The van der Waals surface area contributed by atoms with E-state index in [-0.39, 0.29) is 30.3 Å². The largest absolute Gasteiger partial charge is 0.265 e. The van der Waals surface area contributed by atoms with E-state index >= 15 is 0 Å². The van der Waals surface area contributed by atoms with Crippen LogP contribution in [0.15, 0.2) is 35.2 Å². The number of thiazole rings is 1. The highest BCUT2D eigenvalue weighted by molar-refractivity contribution is 7.93. The van der Waals surface area contributed by atoms with Crippen molar-refractivity contribution in [3.05, 3.63) is 52.0 Å². The van der Waals surface area contributed by atoms with E-state index < -0.39 is 21.7 Å². The molecule has 2 aromatic carbocycles. The predicted molar refractivity (Wildman–Crippen MR) is 86.8 cm³/mol. The quantitative estimate of drug-likeness (QED) is 0.701. The van der Waals surface area contributed by atoms with E-state index in [4.69, 9.17) is 23.2 Å². The van der Waals surface area contributed by atoms with Gasteiger partial charge < -0.3 is 0 Å².